The molecule has 7 nitrogen and oxygen atoms in total. The van der Waals surface area contributed by atoms with Gasteiger partial charge < -0.3 is 15.8 Å². The van der Waals surface area contributed by atoms with Gasteiger partial charge in [0, 0.05) is 26.3 Å². The van der Waals surface area contributed by atoms with E-state index in [2.05, 4.69) is 10.3 Å². The molecule has 0 amide bonds. The van der Waals surface area contributed by atoms with Gasteiger partial charge in [-0.15, -0.1) is 0 Å². The summed E-state index contributed by atoms with van der Waals surface area (Å²) in [7, 11) is 1.62. The first-order chi connectivity index (χ1) is 8.51. The zero-order chi connectivity index (χ0) is 13.7. The van der Waals surface area contributed by atoms with E-state index >= 15 is 0 Å². The van der Waals surface area contributed by atoms with Gasteiger partial charge in [-0.3, -0.25) is 14.3 Å². The quantitative estimate of drug-likeness (QED) is 0.663. The molecule has 18 heavy (non-hydrogen) atoms. The van der Waals surface area contributed by atoms with Crippen LogP contribution in [0.3, 0.4) is 0 Å². The molecule has 1 aromatic rings. The summed E-state index contributed by atoms with van der Waals surface area (Å²) in [4.78, 5) is 25.4. The van der Waals surface area contributed by atoms with Gasteiger partial charge in [-0.05, 0) is 20.3 Å². The number of rotatable bonds is 6. The average Bonchev–Trinajstić information content (AvgIpc) is 2.32. The molecule has 4 N–H and O–H groups in total. The van der Waals surface area contributed by atoms with Crippen LogP contribution in [0.4, 0.5) is 11.5 Å². The van der Waals surface area contributed by atoms with Crippen LogP contribution in [0.15, 0.2) is 9.59 Å². The zero-order valence-corrected chi connectivity index (χ0v) is 10.9. The van der Waals surface area contributed by atoms with Crippen molar-refractivity contribution < 1.29 is 4.74 Å². The Bertz CT molecular complexity index is 506. The van der Waals surface area contributed by atoms with Gasteiger partial charge in [0.1, 0.15) is 11.5 Å². The maximum Gasteiger partial charge on any atom is 0.330 e. The maximum absolute atomic E-state index is 11.7. The van der Waals surface area contributed by atoms with Gasteiger partial charge in [-0.1, -0.05) is 0 Å². The lowest BCUT2D eigenvalue weighted by molar-refractivity contribution is 0.191. The fraction of sp³-hybridized carbons (Fsp3) is 0.636. The van der Waals surface area contributed by atoms with Crippen LogP contribution < -0.4 is 22.3 Å². The number of H-pyrrole nitrogens is 1. The number of hydrogen-bond acceptors (Lipinski definition) is 5. The Balaban J connectivity index is 3.02. The van der Waals surface area contributed by atoms with Gasteiger partial charge >= 0.3 is 5.69 Å². The maximum atomic E-state index is 11.7. The fourth-order valence-corrected chi connectivity index (χ4v) is 1.65. The van der Waals surface area contributed by atoms with Crippen molar-refractivity contribution in [1.29, 1.82) is 0 Å². The van der Waals surface area contributed by atoms with Crippen LogP contribution in [0.25, 0.3) is 0 Å². The second-order valence-electron chi connectivity index (χ2n) is 4.09. The highest BCUT2D eigenvalue weighted by Gasteiger charge is 2.13. The SMILES string of the molecule is CCn1c(N)c(NC(C)CCOC)c(=O)[nH]c1=O. The number of nitrogens with one attached hydrogen (secondary N) is 2. The Morgan fingerprint density at radius 3 is 2.72 bits per heavy atom. The largest absolute Gasteiger partial charge is 0.385 e. The van der Waals surface area contributed by atoms with Crippen molar-refractivity contribution in [2.24, 2.45) is 0 Å². The number of hydrogen-bond donors (Lipinski definition) is 3. The highest BCUT2D eigenvalue weighted by Crippen LogP contribution is 2.12. The van der Waals surface area contributed by atoms with E-state index in [0.717, 1.165) is 6.42 Å². The number of nitrogens with two attached hydrogens (primary N) is 1. The summed E-state index contributed by atoms with van der Waals surface area (Å²) < 4.78 is 6.27. The molecule has 0 aliphatic carbocycles. The van der Waals surface area contributed by atoms with E-state index < -0.39 is 11.2 Å². The first-order valence-electron chi connectivity index (χ1n) is 5.89. The average molecular weight is 256 g/mol. The number of ether oxygens (including phenoxy) is 1. The minimum atomic E-state index is -0.494. The van der Waals surface area contributed by atoms with E-state index in [4.69, 9.17) is 10.5 Å². The smallest absolute Gasteiger partial charge is 0.330 e. The summed E-state index contributed by atoms with van der Waals surface area (Å²) >= 11 is 0. The topological polar surface area (TPSA) is 102 Å². The Morgan fingerprint density at radius 1 is 1.50 bits per heavy atom. The Hall–Kier alpha value is -1.76. The van der Waals surface area contributed by atoms with Crippen molar-refractivity contribution in [3.05, 3.63) is 20.8 Å². The van der Waals surface area contributed by atoms with Gasteiger partial charge in [0.2, 0.25) is 0 Å². The van der Waals surface area contributed by atoms with E-state index in [-0.39, 0.29) is 17.5 Å². The van der Waals surface area contributed by atoms with Crippen molar-refractivity contribution in [2.45, 2.75) is 32.9 Å². The molecule has 0 aliphatic rings. The molecule has 0 aromatic carbocycles. The number of aromatic nitrogens is 2. The van der Waals surface area contributed by atoms with Gasteiger partial charge in [0.05, 0.1) is 0 Å². The normalized spacial score (nSPS) is 12.4. The summed E-state index contributed by atoms with van der Waals surface area (Å²) in [5.41, 5.74) is 5.07. The Morgan fingerprint density at radius 2 is 2.17 bits per heavy atom. The molecule has 0 fully saturated rings. The molecule has 0 radical (unpaired) electrons. The lowest BCUT2D eigenvalue weighted by Gasteiger charge is -2.17. The summed E-state index contributed by atoms with van der Waals surface area (Å²) in [6.45, 7) is 4.69. The molecule has 0 saturated heterocycles. The van der Waals surface area contributed by atoms with Crippen LogP contribution >= 0.6 is 0 Å². The minimum absolute atomic E-state index is 0.0242. The second kappa shape index (κ2) is 6.25. The van der Waals surface area contributed by atoms with Crippen LogP contribution in [0.1, 0.15) is 20.3 Å². The predicted octanol–water partition coefficient (Wildman–Crippen LogP) is -0.0244. The molecule has 0 aliphatic heterocycles. The van der Waals surface area contributed by atoms with Crippen molar-refractivity contribution >= 4 is 11.5 Å². The summed E-state index contributed by atoms with van der Waals surface area (Å²) in [5, 5.41) is 3.01. The highest BCUT2D eigenvalue weighted by molar-refractivity contribution is 5.60. The van der Waals surface area contributed by atoms with Crippen molar-refractivity contribution in [3.8, 4) is 0 Å². The van der Waals surface area contributed by atoms with Crippen LogP contribution in [-0.4, -0.2) is 29.3 Å². The lowest BCUT2D eigenvalue weighted by Crippen LogP contribution is -2.35. The number of nitrogen functional groups attached to an aromatic ring is 1. The second-order valence-corrected chi connectivity index (χ2v) is 4.09. The molecule has 102 valence electrons. The van der Waals surface area contributed by atoms with Crippen LogP contribution in [0.2, 0.25) is 0 Å². The van der Waals surface area contributed by atoms with E-state index in [1.165, 1.54) is 4.57 Å². The third-order valence-corrected chi connectivity index (χ3v) is 2.70. The Kier molecular flexibility index (Phi) is 4.96. The molecular weight excluding hydrogens is 236 g/mol. The van der Waals surface area contributed by atoms with Gasteiger partial charge in [0.15, 0.2) is 0 Å². The van der Waals surface area contributed by atoms with Gasteiger partial charge in [-0.25, -0.2) is 4.79 Å². The highest BCUT2D eigenvalue weighted by atomic mass is 16.5. The molecule has 0 bridgehead atoms. The molecule has 1 unspecified atom stereocenters. The van der Waals surface area contributed by atoms with E-state index in [0.29, 0.717) is 13.2 Å². The summed E-state index contributed by atoms with van der Waals surface area (Å²) in [5.74, 6) is 0.163. The third-order valence-electron chi connectivity index (χ3n) is 2.70. The molecule has 0 saturated carbocycles. The number of methoxy groups -OCH3 is 1. The van der Waals surface area contributed by atoms with E-state index in [1.54, 1.807) is 14.0 Å². The third kappa shape index (κ3) is 3.13. The Labute approximate surface area is 105 Å². The molecule has 1 heterocycles. The van der Waals surface area contributed by atoms with E-state index in [1.807, 2.05) is 6.92 Å². The van der Waals surface area contributed by atoms with Crippen LogP contribution in [-0.2, 0) is 11.3 Å². The molecule has 7 heteroatoms. The standard InChI is InChI=1S/C11H20N4O3/c1-4-15-9(12)8(10(16)14-11(15)17)13-7(2)5-6-18-3/h7,13H,4-6,12H2,1-3H3,(H,14,16,17). The monoisotopic (exact) mass is 256 g/mol. The van der Waals surface area contributed by atoms with E-state index in [9.17, 15) is 9.59 Å². The molecule has 1 rings (SSSR count). The first kappa shape index (κ1) is 14.3. The summed E-state index contributed by atoms with van der Waals surface area (Å²) in [6.07, 6.45) is 0.737. The molecule has 0 spiro atoms. The number of nitrogens with zero attached hydrogens (tertiary/aromatic N) is 1. The first-order valence-corrected chi connectivity index (χ1v) is 5.89. The summed E-state index contributed by atoms with van der Waals surface area (Å²) in [6, 6.07) is 0.0242. The molecular formula is C11H20N4O3. The van der Waals surface area contributed by atoms with Gasteiger partial charge in [-0.2, -0.15) is 0 Å². The molecule has 1 atom stereocenters. The molecule has 1 aromatic heterocycles. The lowest BCUT2D eigenvalue weighted by atomic mass is 10.2. The van der Waals surface area contributed by atoms with Crippen molar-refractivity contribution in [1.82, 2.24) is 9.55 Å². The predicted molar refractivity (Wildman–Crippen MR) is 71.0 cm³/mol. The van der Waals surface area contributed by atoms with Crippen LogP contribution in [0, 0.1) is 0 Å². The van der Waals surface area contributed by atoms with Crippen molar-refractivity contribution in [3.63, 3.8) is 0 Å². The zero-order valence-electron chi connectivity index (χ0n) is 10.9. The van der Waals surface area contributed by atoms with Gasteiger partial charge in [0.25, 0.3) is 5.56 Å². The fourth-order valence-electron chi connectivity index (χ4n) is 1.65. The minimum Gasteiger partial charge on any atom is -0.385 e. The van der Waals surface area contributed by atoms with Crippen molar-refractivity contribution in [2.75, 3.05) is 24.8 Å². The number of aromatic amines is 1. The van der Waals surface area contributed by atoms with Crippen LogP contribution in [0.5, 0.6) is 0 Å². The number of anilines is 2.